The van der Waals surface area contributed by atoms with Crippen LogP contribution in [0.25, 0.3) is 16.5 Å². The Morgan fingerprint density at radius 2 is 2.06 bits per heavy atom. The van der Waals surface area contributed by atoms with Crippen molar-refractivity contribution in [2.75, 3.05) is 0 Å². The number of rotatable bonds is 4. The van der Waals surface area contributed by atoms with E-state index in [9.17, 15) is 4.79 Å². The van der Waals surface area contributed by atoms with Crippen LogP contribution in [0.4, 0.5) is 0 Å². The Kier molecular flexibility index (Phi) is 4.50. The maximum Gasteiger partial charge on any atom is 0.146 e. The summed E-state index contributed by atoms with van der Waals surface area (Å²) in [6.07, 6.45) is 3.65. The number of halogens is 1. The number of hydrogen-bond donors (Lipinski definition) is 0. The number of hydrogen-bond acceptors (Lipinski definition) is 2. The van der Waals surface area contributed by atoms with Crippen molar-refractivity contribution < 1.29 is 4.79 Å². The molecular weight excluding hydrogens is 308 g/mol. The zero-order valence-corrected chi connectivity index (χ0v) is 12.4. The Morgan fingerprint density at radius 3 is 2.72 bits per heavy atom. The fourth-order valence-electron chi connectivity index (χ4n) is 1.64. The molecule has 0 aliphatic carbocycles. The third kappa shape index (κ3) is 2.98. The van der Waals surface area contributed by atoms with E-state index in [0.29, 0.717) is 0 Å². The van der Waals surface area contributed by atoms with E-state index in [2.05, 4.69) is 34.1 Å². The molecule has 18 heavy (non-hydrogen) atoms. The van der Waals surface area contributed by atoms with Gasteiger partial charge in [0.05, 0.1) is 0 Å². The maximum absolute atomic E-state index is 10.8. The lowest BCUT2D eigenvalue weighted by molar-refractivity contribution is -0.104. The van der Waals surface area contributed by atoms with Gasteiger partial charge < -0.3 is 0 Å². The van der Waals surface area contributed by atoms with E-state index in [1.54, 1.807) is 11.3 Å². The van der Waals surface area contributed by atoms with Crippen molar-refractivity contribution in [3.8, 4) is 10.4 Å². The number of benzene rings is 1. The number of allylic oxidation sites excluding steroid dienone is 1. The summed E-state index contributed by atoms with van der Waals surface area (Å²) in [5.74, 6) is 0. The highest BCUT2D eigenvalue weighted by atomic mass is 79.9. The monoisotopic (exact) mass is 320 g/mol. The summed E-state index contributed by atoms with van der Waals surface area (Å²) in [7, 11) is 0. The summed E-state index contributed by atoms with van der Waals surface area (Å²) in [6, 6.07) is 12.3. The van der Waals surface area contributed by atoms with Crippen LogP contribution in [-0.2, 0) is 4.79 Å². The minimum atomic E-state index is 0.770. The molecule has 2 rings (SSSR count). The standard InChI is InChI=1S/C15H13BrOS/c1-2-11(10-17)9-12-7-8-15(18-12)13-5-3-4-6-14(13)16/h3-10H,2H2,1H3. The van der Waals surface area contributed by atoms with Gasteiger partial charge in [-0.15, -0.1) is 11.3 Å². The summed E-state index contributed by atoms with van der Waals surface area (Å²) in [6.45, 7) is 1.99. The molecule has 0 aliphatic rings. The van der Waals surface area contributed by atoms with E-state index >= 15 is 0 Å². The minimum absolute atomic E-state index is 0.770. The lowest BCUT2D eigenvalue weighted by Gasteiger charge is -1.99. The molecule has 0 aliphatic heterocycles. The van der Waals surface area contributed by atoms with Crippen molar-refractivity contribution in [3.05, 3.63) is 51.3 Å². The quantitative estimate of drug-likeness (QED) is 0.561. The highest BCUT2D eigenvalue weighted by molar-refractivity contribution is 9.10. The molecular formula is C15H13BrOS. The van der Waals surface area contributed by atoms with E-state index in [-0.39, 0.29) is 0 Å². The predicted molar refractivity (Wildman–Crippen MR) is 81.8 cm³/mol. The predicted octanol–water partition coefficient (Wildman–Crippen LogP) is 5.17. The van der Waals surface area contributed by atoms with Crippen molar-refractivity contribution in [1.82, 2.24) is 0 Å². The first kappa shape index (κ1) is 13.2. The molecule has 0 saturated heterocycles. The summed E-state index contributed by atoms with van der Waals surface area (Å²) in [5.41, 5.74) is 2.02. The number of thiophene rings is 1. The molecule has 0 amide bonds. The van der Waals surface area contributed by atoms with Crippen molar-refractivity contribution in [2.45, 2.75) is 13.3 Å². The molecule has 0 saturated carbocycles. The maximum atomic E-state index is 10.8. The first-order valence-corrected chi connectivity index (χ1v) is 7.36. The van der Waals surface area contributed by atoms with Crippen LogP contribution in [-0.4, -0.2) is 6.29 Å². The number of carbonyl (C=O) groups is 1. The second-order valence-corrected chi connectivity index (χ2v) is 5.84. The molecule has 0 bridgehead atoms. The van der Waals surface area contributed by atoms with Gasteiger partial charge in [0.2, 0.25) is 0 Å². The third-order valence-corrected chi connectivity index (χ3v) is 4.41. The second-order valence-electron chi connectivity index (χ2n) is 3.87. The fraction of sp³-hybridized carbons (Fsp3) is 0.133. The topological polar surface area (TPSA) is 17.1 Å². The van der Waals surface area contributed by atoms with Gasteiger partial charge in [0.25, 0.3) is 0 Å². The first-order chi connectivity index (χ1) is 8.74. The van der Waals surface area contributed by atoms with Crippen molar-refractivity contribution >= 4 is 39.6 Å². The third-order valence-electron chi connectivity index (χ3n) is 2.65. The lowest BCUT2D eigenvalue weighted by atomic mass is 10.2. The van der Waals surface area contributed by atoms with Crippen LogP contribution in [0, 0.1) is 0 Å². The average molecular weight is 321 g/mol. The van der Waals surface area contributed by atoms with Gasteiger partial charge in [-0.3, -0.25) is 4.79 Å². The van der Waals surface area contributed by atoms with Crippen LogP contribution in [0.5, 0.6) is 0 Å². The van der Waals surface area contributed by atoms with Crippen LogP contribution < -0.4 is 0 Å². The Balaban J connectivity index is 2.34. The van der Waals surface area contributed by atoms with Gasteiger partial charge >= 0.3 is 0 Å². The van der Waals surface area contributed by atoms with Crippen LogP contribution in [0.1, 0.15) is 18.2 Å². The molecule has 0 fully saturated rings. The zero-order chi connectivity index (χ0) is 13.0. The van der Waals surface area contributed by atoms with Crippen LogP contribution in [0.3, 0.4) is 0 Å². The number of carbonyl (C=O) groups excluding carboxylic acids is 1. The van der Waals surface area contributed by atoms with E-state index in [0.717, 1.165) is 27.6 Å². The van der Waals surface area contributed by atoms with Gasteiger partial charge in [-0.25, -0.2) is 0 Å². The van der Waals surface area contributed by atoms with Crippen molar-refractivity contribution in [3.63, 3.8) is 0 Å². The molecule has 0 spiro atoms. The molecule has 1 aromatic heterocycles. The summed E-state index contributed by atoms with van der Waals surface area (Å²) in [4.78, 5) is 13.1. The lowest BCUT2D eigenvalue weighted by Crippen LogP contribution is -1.79. The van der Waals surface area contributed by atoms with Crippen molar-refractivity contribution in [2.24, 2.45) is 0 Å². The van der Waals surface area contributed by atoms with E-state index < -0.39 is 0 Å². The average Bonchev–Trinajstić information content (AvgIpc) is 2.85. The van der Waals surface area contributed by atoms with Gasteiger partial charge in [-0.2, -0.15) is 0 Å². The van der Waals surface area contributed by atoms with Crippen LogP contribution >= 0.6 is 27.3 Å². The molecule has 2 aromatic rings. The van der Waals surface area contributed by atoms with E-state index in [1.807, 2.05) is 31.2 Å². The van der Waals surface area contributed by atoms with Crippen LogP contribution in [0.15, 0.2) is 46.4 Å². The smallest absolute Gasteiger partial charge is 0.146 e. The highest BCUT2D eigenvalue weighted by Crippen LogP contribution is 2.34. The molecule has 0 N–H and O–H groups in total. The highest BCUT2D eigenvalue weighted by Gasteiger charge is 2.05. The van der Waals surface area contributed by atoms with Gasteiger partial charge in [0, 0.05) is 19.8 Å². The Morgan fingerprint density at radius 1 is 1.28 bits per heavy atom. The molecule has 0 radical (unpaired) electrons. The van der Waals surface area contributed by atoms with Gasteiger partial charge in [-0.1, -0.05) is 41.1 Å². The first-order valence-electron chi connectivity index (χ1n) is 5.75. The molecule has 1 aromatic carbocycles. The van der Waals surface area contributed by atoms with Gasteiger partial charge in [-0.05, 0) is 36.3 Å². The fourth-order valence-corrected chi connectivity index (χ4v) is 3.29. The summed E-state index contributed by atoms with van der Waals surface area (Å²) >= 11 is 5.25. The molecule has 0 unspecified atom stereocenters. The van der Waals surface area contributed by atoms with Gasteiger partial charge in [0.15, 0.2) is 0 Å². The second kappa shape index (κ2) is 6.12. The molecule has 0 atom stereocenters. The van der Waals surface area contributed by atoms with E-state index in [4.69, 9.17) is 0 Å². The molecule has 92 valence electrons. The number of aldehydes is 1. The Hall–Kier alpha value is -1.19. The Bertz CT molecular complexity index is 584. The van der Waals surface area contributed by atoms with Gasteiger partial charge in [0.1, 0.15) is 6.29 Å². The molecule has 3 heteroatoms. The minimum Gasteiger partial charge on any atom is -0.298 e. The summed E-state index contributed by atoms with van der Waals surface area (Å²) < 4.78 is 1.09. The normalized spacial score (nSPS) is 11.6. The van der Waals surface area contributed by atoms with Crippen LogP contribution in [0.2, 0.25) is 0 Å². The molecule has 1 nitrogen and oxygen atoms in total. The SMILES string of the molecule is CCC(C=O)=Cc1ccc(-c2ccccc2Br)s1. The summed E-state index contributed by atoms with van der Waals surface area (Å²) in [5, 5.41) is 0. The van der Waals surface area contributed by atoms with E-state index in [1.165, 1.54) is 10.4 Å². The Labute approximate surface area is 119 Å². The molecule has 1 heterocycles. The van der Waals surface area contributed by atoms with Crippen molar-refractivity contribution in [1.29, 1.82) is 0 Å². The largest absolute Gasteiger partial charge is 0.298 e. The zero-order valence-electron chi connectivity index (χ0n) is 10.0.